The number of aliphatic hydroxyl groups excluding tert-OH is 1. The van der Waals surface area contributed by atoms with E-state index in [1.54, 1.807) is 0 Å². The van der Waals surface area contributed by atoms with Crippen LogP contribution in [0.5, 0.6) is 0 Å². The van der Waals surface area contributed by atoms with Gasteiger partial charge in [0.25, 0.3) is 0 Å². The summed E-state index contributed by atoms with van der Waals surface area (Å²) in [7, 11) is 0. The zero-order chi connectivity index (χ0) is 10.8. The molecule has 84 valence electrons. The lowest BCUT2D eigenvalue weighted by molar-refractivity contribution is -0.138. The summed E-state index contributed by atoms with van der Waals surface area (Å²) in [6.45, 7) is 3.99. The summed E-state index contributed by atoms with van der Waals surface area (Å²) < 4.78 is 0. The minimum absolute atomic E-state index is 0.135. The number of aliphatic hydroxyl groups is 1. The Morgan fingerprint density at radius 2 is 1.86 bits per heavy atom. The van der Waals surface area contributed by atoms with Crippen LogP contribution in [0.2, 0.25) is 0 Å². The van der Waals surface area contributed by atoms with E-state index in [-0.39, 0.29) is 13.2 Å². The molecule has 0 saturated carbocycles. The molecule has 0 atom stereocenters. The molecule has 0 heterocycles. The van der Waals surface area contributed by atoms with E-state index in [1.807, 2.05) is 11.8 Å². The van der Waals surface area contributed by atoms with Crippen LogP contribution in [0, 0.1) is 0 Å². The quantitative estimate of drug-likeness (QED) is 0.548. The zero-order valence-corrected chi connectivity index (χ0v) is 8.91. The van der Waals surface area contributed by atoms with Gasteiger partial charge < -0.3 is 10.2 Å². The molecule has 4 heteroatoms. The topological polar surface area (TPSA) is 60.8 Å². The molecule has 0 aromatic carbocycles. The predicted molar refractivity (Wildman–Crippen MR) is 55.3 cm³/mol. The van der Waals surface area contributed by atoms with Crippen molar-refractivity contribution < 1.29 is 15.0 Å². The fraction of sp³-hybridized carbons (Fsp3) is 0.900. The SMILES string of the molecule is CCN(CCCCCCO)CC(=O)O. The Labute approximate surface area is 85.5 Å². The number of carbonyl (C=O) groups is 1. The van der Waals surface area contributed by atoms with Gasteiger partial charge in [0.15, 0.2) is 0 Å². The summed E-state index contributed by atoms with van der Waals surface area (Å²) >= 11 is 0. The van der Waals surface area contributed by atoms with Crippen LogP contribution < -0.4 is 0 Å². The lowest BCUT2D eigenvalue weighted by Gasteiger charge is -2.17. The highest BCUT2D eigenvalue weighted by Gasteiger charge is 2.05. The number of hydrogen-bond donors (Lipinski definition) is 2. The maximum atomic E-state index is 10.4. The van der Waals surface area contributed by atoms with Gasteiger partial charge in [-0.05, 0) is 25.9 Å². The molecule has 0 spiro atoms. The van der Waals surface area contributed by atoms with Gasteiger partial charge in [0.2, 0.25) is 0 Å². The van der Waals surface area contributed by atoms with Crippen molar-refractivity contribution in [1.29, 1.82) is 0 Å². The highest BCUT2D eigenvalue weighted by Crippen LogP contribution is 2.01. The van der Waals surface area contributed by atoms with Crippen LogP contribution in [0.4, 0.5) is 0 Å². The van der Waals surface area contributed by atoms with Gasteiger partial charge in [-0.25, -0.2) is 0 Å². The maximum Gasteiger partial charge on any atom is 0.317 e. The predicted octanol–water partition coefficient (Wildman–Crippen LogP) is 0.946. The van der Waals surface area contributed by atoms with Crippen molar-refractivity contribution in [2.24, 2.45) is 0 Å². The second-order valence-corrected chi connectivity index (χ2v) is 3.40. The Bertz CT molecular complexity index is 150. The number of rotatable bonds is 9. The number of aliphatic carboxylic acids is 1. The summed E-state index contributed by atoms with van der Waals surface area (Å²) in [5.74, 6) is -0.762. The summed E-state index contributed by atoms with van der Waals surface area (Å²) in [5, 5.41) is 17.1. The number of likely N-dealkylation sites (N-methyl/N-ethyl adjacent to an activating group) is 1. The van der Waals surface area contributed by atoms with E-state index < -0.39 is 5.97 Å². The first-order valence-electron chi connectivity index (χ1n) is 5.25. The first-order valence-corrected chi connectivity index (χ1v) is 5.25. The fourth-order valence-corrected chi connectivity index (χ4v) is 1.34. The molecule has 0 aliphatic heterocycles. The number of unbranched alkanes of at least 4 members (excludes halogenated alkanes) is 3. The van der Waals surface area contributed by atoms with Crippen LogP contribution in [0.3, 0.4) is 0 Å². The molecule has 0 bridgehead atoms. The van der Waals surface area contributed by atoms with Gasteiger partial charge in [-0.1, -0.05) is 19.8 Å². The second-order valence-electron chi connectivity index (χ2n) is 3.40. The van der Waals surface area contributed by atoms with Gasteiger partial charge in [0, 0.05) is 6.61 Å². The van der Waals surface area contributed by atoms with Gasteiger partial charge in [0.05, 0.1) is 6.54 Å². The van der Waals surface area contributed by atoms with E-state index >= 15 is 0 Å². The standard InChI is InChI=1S/C10H21NO3/c1-2-11(9-10(13)14)7-5-3-4-6-8-12/h12H,2-9H2,1H3,(H,13,14). The summed E-state index contributed by atoms with van der Waals surface area (Å²) in [4.78, 5) is 12.3. The first kappa shape index (κ1) is 13.4. The minimum atomic E-state index is -0.762. The Balaban J connectivity index is 3.38. The van der Waals surface area contributed by atoms with E-state index in [9.17, 15) is 4.79 Å². The molecule has 0 rings (SSSR count). The molecule has 4 nitrogen and oxygen atoms in total. The summed E-state index contributed by atoms with van der Waals surface area (Å²) in [6, 6.07) is 0. The average molecular weight is 203 g/mol. The molecular weight excluding hydrogens is 182 g/mol. The van der Waals surface area contributed by atoms with Crippen LogP contribution in [-0.2, 0) is 4.79 Å². The van der Waals surface area contributed by atoms with Gasteiger partial charge in [0.1, 0.15) is 0 Å². The molecule has 0 unspecified atom stereocenters. The number of hydrogen-bond acceptors (Lipinski definition) is 3. The van der Waals surface area contributed by atoms with Gasteiger partial charge in [-0.15, -0.1) is 0 Å². The Morgan fingerprint density at radius 1 is 1.21 bits per heavy atom. The number of carboxylic acid groups (broad SMARTS) is 1. The van der Waals surface area contributed by atoms with Crippen LogP contribution in [-0.4, -0.2) is 47.3 Å². The summed E-state index contributed by atoms with van der Waals surface area (Å²) in [5.41, 5.74) is 0. The molecule has 0 aromatic rings. The zero-order valence-electron chi connectivity index (χ0n) is 8.91. The number of carboxylic acids is 1. The molecule has 0 aliphatic carbocycles. The Kier molecular flexibility index (Phi) is 8.57. The van der Waals surface area contributed by atoms with Gasteiger partial charge in [-0.2, -0.15) is 0 Å². The van der Waals surface area contributed by atoms with E-state index in [1.165, 1.54) is 0 Å². The third-order valence-electron chi connectivity index (χ3n) is 2.19. The smallest absolute Gasteiger partial charge is 0.317 e. The average Bonchev–Trinajstić information content (AvgIpc) is 2.15. The van der Waals surface area contributed by atoms with Gasteiger partial charge >= 0.3 is 5.97 Å². The van der Waals surface area contributed by atoms with E-state index in [2.05, 4.69) is 0 Å². The molecule has 14 heavy (non-hydrogen) atoms. The van der Waals surface area contributed by atoms with E-state index in [0.29, 0.717) is 0 Å². The molecule has 0 radical (unpaired) electrons. The second kappa shape index (κ2) is 8.97. The van der Waals surface area contributed by atoms with Crippen molar-refractivity contribution in [3.05, 3.63) is 0 Å². The summed E-state index contributed by atoms with van der Waals surface area (Å²) in [6.07, 6.45) is 3.96. The largest absolute Gasteiger partial charge is 0.480 e. The molecule has 0 amide bonds. The van der Waals surface area contributed by atoms with Crippen LogP contribution >= 0.6 is 0 Å². The highest BCUT2D eigenvalue weighted by molar-refractivity contribution is 5.69. The Hall–Kier alpha value is -0.610. The molecule has 0 saturated heterocycles. The molecule has 0 aromatic heterocycles. The lowest BCUT2D eigenvalue weighted by Crippen LogP contribution is -2.30. The van der Waals surface area contributed by atoms with E-state index in [0.717, 1.165) is 38.8 Å². The van der Waals surface area contributed by atoms with Crippen molar-refractivity contribution in [3.63, 3.8) is 0 Å². The number of nitrogens with zero attached hydrogens (tertiary/aromatic N) is 1. The van der Waals surface area contributed by atoms with Crippen molar-refractivity contribution in [2.45, 2.75) is 32.6 Å². The lowest BCUT2D eigenvalue weighted by atomic mass is 10.2. The Morgan fingerprint density at radius 3 is 2.36 bits per heavy atom. The van der Waals surface area contributed by atoms with Crippen LogP contribution in [0.1, 0.15) is 32.6 Å². The van der Waals surface area contributed by atoms with Crippen molar-refractivity contribution >= 4 is 5.97 Å². The molecule has 2 N–H and O–H groups in total. The van der Waals surface area contributed by atoms with Crippen molar-refractivity contribution in [3.8, 4) is 0 Å². The van der Waals surface area contributed by atoms with Crippen LogP contribution in [0.15, 0.2) is 0 Å². The highest BCUT2D eigenvalue weighted by atomic mass is 16.4. The molecular formula is C10H21NO3. The monoisotopic (exact) mass is 203 g/mol. The maximum absolute atomic E-state index is 10.4. The van der Waals surface area contributed by atoms with Crippen molar-refractivity contribution in [2.75, 3.05) is 26.2 Å². The third kappa shape index (κ3) is 8.01. The normalized spacial score (nSPS) is 10.8. The van der Waals surface area contributed by atoms with Crippen LogP contribution in [0.25, 0.3) is 0 Å². The molecule has 0 aliphatic rings. The fourth-order valence-electron chi connectivity index (χ4n) is 1.34. The minimum Gasteiger partial charge on any atom is -0.480 e. The van der Waals surface area contributed by atoms with Gasteiger partial charge in [-0.3, -0.25) is 9.69 Å². The van der Waals surface area contributed by atoms with E-state index in [4.69, 9.17) is 10.2 Å². The third-order valence-corrected chi connectivity index (χ3v) is 2.19. The molecule has 0 fully saturated rings. The van der Waals surface area contributed by atoms with Crippen molar-refractivity contribution in [1.82, 2.24) is 4.90 Å². The first-order chi connectivity index (χ1) is 6.70.